The Kier molecular flexibility index (Phi) is 6.52. The van der Waals surface area contributed by atoms with E-state index in [9.17, 15) is 14.4 Å². The summed E-state index contributed by atoms with van der Waals surface area (Å²) in [5.74, 6) is -2.17. The Morgan fingerprint density at radius 1 is 1.23 bits per heavy atom. The molecule has 2 N–H and O–H groups in total. The van der Waals surface area contributed by atoms with Crippen molar-refractivity contribution in [2.45, 2.75) is 33.4 Å². The molecule has 26 heavy (non-hydrogen) atoms. The van der Waals surface area contributed by atoms with E-state index in [1.807, 2.05) is 30.3 Å². The third-order valence-corrected chi connectivity index (χ3v) is 4.05. The summed E-state index contributed by atoms with van der Waals surface area (Å²) < 4.78 is 10.6. The molecular formula is C19H24N2O5. The molecule has 2 amide bonds. The monoisotopic (exact) mass is 360 g/mol. The first-order valence-electron chi connectivity index (χ1n) is 8.55. The highest BCUT2D eigenvalue weighted by Gasteiger charge is 2.41. The zero-order chi connectivity index (χ0) is 19.3. The van der Waals surface area contributed by atoms with E-state index < -0.39 is 23.8 Å². The molecule has 0 aromatic heterocycles. The predicted molar refractivity (Wildman–Crippen MR) is 94.4 cm³/mol. The van der Waals surface area contributed by atoms with Gasteiger partial charge in [0.15, 0.2) is 5.76 Å². The number of ether oxygens (including phenoxy) is 2. The number of nitrogens with zero attached hydrogens (tertiary/aromatic N) is 1. The van der Waals surface area contributed by atoms with Crippen LogP contribution >= 0.6 is 0 Å². The molecule has 1 heterocycles. The number of rotatable bonds is 7. The maximum Gasteiger partial charge on any atom is 0.339 e. The fourth-order valence-electron chi connectivity index (χ4n) is 2.45. The molecule has 7 nitrogen and oxygen atoms in total. The van der Waals surface area contributed by atoms with E-state index in [0.717, 1.165) is 10.5 Å². The molecule has 140 valence electrons. The molecule has 0 saturated heterocycles. The van der Waals surface area contributed by atoms with Crippen LogP contribution in [0.2, 0.25) is 0 Å². The maximum atomic E-state index is 12.7. The second-order valence-electron chi connectivity index (χ2n) is 6.30. The van der Waals surface area contributed by atoms with E-state index in [1.54, 1.807) is 20.8 Å². The van der Waals surface area contributed by atoms with E-state index in [1.165, 1.54) is 0 Å². The van der Waals surface area contributed by atoms with E-state index in [4.69, 9.17) is 15.2 Å². The van der Waals surface area contributed by atoms with Crippen LogP contribution in [0.3, 0.4) is 0 Å². The summed E-state index contributed by atoms with van der Waals surface area (Å²) in [5.41, 5.74) is 6.75. The molecule has 0 bridgehead atoms. The average molecular weight is 360 g/mol. The van der Waals surface area contributed by atoms with Crippen molar-refractivity contribution in [3.63, 3.8) is 0 Å². The van der Waals surface area contributed by atoms with Crippen LogP contribution in [0.4, 0.5) is 0 Å². The number of hydrogen-bond donors (Lipinski definition) is 1. The second-order valence-corrected chi connectivity index (χ2v) is 6.30. The summed E-state index contributed by atoms with van der Waals surface area (Å²) in [6.07, 6.45) is 0. The number of carbonyl (C=O) groups excluding carboxylic acids is 3. The van der Waals surface area contributed by atoms with Crippen molar-refractivity contribution in [2.75, 3.05) is 13.2 Å². The van der Waals surface area contributed by atoms with Crippen LogP contribution in [0, 0.1) is 5.92 Å². The number of amides is 2. The lowest BCUT2D eigenvalue weighted by Crippen LogP contribution is -2.48. The number of benzene rings is 1. The van der Waals surface area contributed by atoms with Crippen LogP contribution in [0.15, 0.2) is 41.7 Å². The van der Waals surface area contributed by atoms with Gasteiger partial charge in [0.05, 0.1) is 19.2 Å². The highest BCUT2D eigenvalue weighted by atomic mass is 16.5. The van der Waals surface area contributed by atoms with Gasteiger partial charge in [0.1, 0.15) is 12.2 Å². The molecule has 1 atom stereocenters. The molecule has 0 unspecified atom stereocenters. The minimum Gasteiger partial charge on any atom is -0.483 e. The van der Waals surface area contributed by atoms with Crippen molar-refractivity contribution in [2.24, 2.45) is 11.7 Å². The summed E-state index contributed by atoms with van der Waals surface area (Å²) >= 11 is 0. The summed E-state index contributed by atoms with van der Waals surface area (Å²) in [7, 11) is 0. The van der Waals surface area contributed by atoms with Crippen LogP contribution in [0.1, 0.15) is 26.3 Å². The van der Waals surface area contributed by atoms with Crippen LogP contribution < -0.4 is 5.73 Å². The number of esters is 1. The standard InChI is InChI=1S/C19H24N2O5/c1-4-25-19(24)14-10-21(17(22)15(20)12(2)3)18(23)16(14)26-11-13-8-6-5-7-9-13/h5-9,12,15H,4,10-11,20H2,1-3H3/t15-/m0/s1. The lowest BCUT2D eigenvalue weighted by atomic mass is 10.0. The molecule has 0 fully saturated rings. The lowest BCUT2D eigenvalue weighted by Gasteiger charge is -2.21. The van der Waals surface area contributed by atoms with Gasteiger partial charge < -0.3 is 15.2 Å². The van der Waals surface area contributed by atoms with Crippen molar-refractivity contribution in [1.82, 2.24) is 4.90 Å². The average Bonchev–Trinajstić information content (AvgIpc) is 2.96. The Labute approximate surface area is 152 Å². The van der Waals surface area contributed by atoms with Crippen molar-refractivity contribution in [3.8, 4) is 0 Å². The highest BCUT2D eigenvalue weighted by molar-refractivity contribution is 6.12. The Morgan fingerprint density at radius 2 is 1.88 bits per heavy atom. The molecule has 0 spiro atoms. The van der Waals surface area contributed by atoms with Crippen LogP contribution in [-0.2, 0) is 30.5 Å². The third kappa shape index (κ3) is 4.29. The molecule has 2 rings (SSSR count). The summed E-state index contributed by atoms with van der Waals surface area (Å²) in [6, 6.07) is 8.38. The number of imide groups is 1. The van der Waals surface area contributed by atoms with Gasteiger partial charge in [-0.15, -0.1) is 0 Å². The first kappa shape index (κ1) is 19.7. The zero-order valence-electron chi connectivity index (χ0n) is 15.2. The largest absolute Gasteiger partial charge is 0.483 e. The van der Waals surface area contributed by atoms with Crippen molar-refractivity contribution in [1.29, 1.82) is 0 Å². The predicted octanol–water partition coefficient (Wildman–Crippen LogP) is 1.37. The minimum atomic E-state index is -0.837. The minimum absolute atomic E-state index is 0.0390. The van der Waals surface area contributed by atoms with Gasteiger partial charge in [0.25, 0.3) is 5.91 Å². The summed E-state index contributed by atoms with van der Waals surface area (Å²) in [4.78, 5) is 38.3. The SMILES string of the molecule is CCOC(=O)C1=C(OCc2ccccc2)C(=O)N(C(=O)[C@@H](N)C(C)C)C1. The van der Waals surface area contributed by atoms with Gasteiger partial charge >= 0.3 is 5.97 Å². The Bertz CT molecular complexity index is 712. The quantitative estimate of drug-likeness (QED) is 0.738. The molecule has 1 aliphatic heterocycles. The highest BCUT2D eigenvalue weighted by Crippen LogP contribution is 2.24. The summed E-state index contributed by atoms with van der Waals surface area (Å²) in [6.45, 7) is 5.30. The topological polar surface area (TPSA) is 98.9 Å². The van der Waals surface area contributed by atoms with Gasteiger partial charge in [-0.3, -0.25) is 14.5 Å². The molecule has 0 aliphatic carbocycles. The van der Waals surface area contributed by atoms with Crippen LogP contribution in [-0.4, -0.2) is 41.9 Å². The smallest absolute Gasteiger partial charge is 0.339 e. The fraction of sp³-hybridized carbons (Fsp3) is 0.421. The number of hydrogen-bond acceptors (Lipinski definition) is 6. The first-order chi connectivity index (χ1) is 12.4. The number of nitrogens with two attached hydrogens (primary N) is 1. The third-order valence-electron chi connectivity index (χ3n) is 4.05. The lowest BCUT2D eigenvalue weighted by molar-refractivity contribution is -0.144. The molecule has 0 saturated carbocycles. The normalized spacial score (nSPS) is 15.4. The van der Waals surface area contributed by atoms with Gasteiger partial charge in [-0.05, 0) is 18.4 Å². The van der Waals surface area contributed by atoms with Crippen molar-refractivity contribution in [3.05, 3.63) is 47.2 Å². The molecule has 7 heteroatoms. The Balaban J connectivity index is 2.23. The first-order valence-corrected chi connectivity index (χ1v) is 8.55. The van der Waals surface area contributed by atoms with Gasteiger partial charge in [0, 0.05) is 0 Å². The fourth-order valence-corrected chi connectivity index (χ4v) is 2.45. The van der Waals surface area contributed by atoms with Gasteiger partial charge in [0.2, 0.25) is 5.91 Å². The maximum absolute atomic E-state index is 12.7. The van der Waals surface area contributed by atoms with Gasteiger partial charge in [-0.2, -0.15) is 0 Å². The van der Waals surface area contributed by atoms with Crippen molar-refractivity contribution >= 4 is 17.8 Å². The second kappa shape index (κ2) is 8.62. The van der Waals surface area contributed by atoms with Gasteiger partial charge in [-0.25, -0.2) is 4.79 Å². The molecular weight excluding hydrogens is 336 g/mol. The van der Waals surface area contributed by atoms with E-state index in [2.05, 4.69) is 0 Å². The van der Waals surface area contributed by atoms with E-state index in [-0.39, 0.29) is 37.0 Å². The molecule has 0 radical (unpaired) electrons. The van der Waals surface area contributed by atoms with Crippen LogP contribution in [0.25, 0.3) is 0 Å². The zero-order valence-corrected chi connectivity index (χ0v) is 15.2. The van der Waals surface area contributed by atoms with Gasteiger partial charge in [-0.1, -0.05) is 44.2 Å². The van der Waals surface area contributed by atoms with Crippen molar-refractivity contribution < 1.29 is 23.9 Å². The van der Waals surface area contributed by atoms with E-state index >= 15 is 0 Å². The van der Waals surface area contributed by atoms with E-state index in [0.29, 0.717) is 0 Å². The molecule has 1 aromatic carbocycles. The molecule has 1 aromatic rings. The molecule has 1 aliphatic rings. The summed E-state index contributed by atoms with van der Waals surface area (Å²) in [5, 5.41) is 0. The Morgan fingerprint density at radius 3 is 2.46 bits per heavy atom. The Hall–Kier alpha value is -2.67. The van der Waals surface area contributed by atoms with Crippen LogP contribution in [0.5, 0.6) is 0 Å². The number of carbonyl (C=O) groups is 3.